The molecule has 0 radical (unpaired) electrons. The number of anilines is 1. The maximum absolute atomic E-state index is 8.94. The van der Waals surface area contributed by atoms with Crippen molar-refractivity contribution in [1.82, 2.24) is 0 Å². The van der Waals surface area contributed by atoms with Crippen LogP contribution in [0.1, 0.15) is 12.5 Å². The van der Waals surface area contributed by atoms with Gasteiger partial charge in [-0.25, -0.2) is 0 Å². The van der Waals surface area contributed by atoms with Gasteiger partial charge in [0.15, 0.2) is 0 Å². The first kappa shape index (κ1) is 12.2. The van der Waals surface area contributed by atoms with E-state index in [1.54, 1.807) is 17.8 Å². The van der Waals surface area contributed by atoms with Crippen LogP contribution in [0, 0.1) is 11.3 Å². The predicted octanol–water partition coefficient (Wildman–Crippen LogP) is 3.38. The van der Waals surface area contributed by atoms with Crippen LogP contribution in [0.2, 0.25) is 5.02 Å². The molecule has 0 bridgehead atoms. The Hall–Kier alpha value is -0.850. The van der Waals surface area contributed by atoms with E-state index in [1.807, 2.05) is 12.1 Å². The molecule has 0 fully saturated rings. The fourth-order valence-corrected chi connectivity index (χ4v) is 1.59. The minimum absolute atomic E-state index is 0.499. The molecule has 0 saturated carbocycles. The SMILES string of the molecule is CSC(C)CNc1cccc(Cl)c1C#N. The Morgan fingerprint density at radius 2 is 2.33 bits per heavy atom. The van der Waals surface area contributed by atoms with Gasteiger partial charge in [-0.15, -0.1) is 0 Å². The molecule has 0 saturated heterocycles. The summed E-state index contributed by atoms with van der Waals surface area (Å²) in [6.45, 7) is 2.96. The Bertz CT molecular complexity index is 373. The maximum Gasteiger partial charge on any atom is 0.103 e. The summed E-state index contributed by atoms with van der Waals surface area (Å²) in [5.74, 6) is 0. The highest BCUT2D eigenvalue weighted by atomic mass is 35.5. The first-order valence-corrected chi connectivity index (χ1v) is 6.31. The zero-order valence-corrected chi connectivity index (χ0v) is 10.3. The van der Waals surface area contributed by atoms with Crippen molar-refractivity contribution in [1.29, 1.82) is 5.26 Å². The van der Waals surface area contributed by atoms with Gasteiger partial charge < -0.3 is 5.32 Å². The number of hydrogen-bond acceptors (Lipinski definition) is 3. The van der Waals surface area contributed by atoms with Gasteiger partial charge in [0.1, 0.15) is 6.07 Å². The van der Waals surface area contributed by atoms with Crippen LogP contribution in [-0.2, 0) is 0 Å². The van der Waals surface area contributed by atoms with Gasteiger partial charge in [-0.2, -0.15) is 17.0 Å². The predicted molar refractivity (Wildman–Crippen MR) is 67.6 cm³/mol. The largest absolute Gasteiger partial charge is 0.383 e. The van der Waals surface area contributed by atoms with Crippen LogP contribution in [-0.4, -0.2) is 18.1 Å². The molecule has 0 aromatic heterocycles. The fraction of sp³-hybridized carbons (Fsp3) is 0.364. The standard InChI is InChI=1S/C11H13ClN2S/c1-8(15-2)7-14-11-5-3-4-10(12)9(11)6-13/h3-5,8,14H,7H2,1-2H3. The molecular weight excluding hydrogens is 228 g/mol. The quantitative estimate of drug-likeness (QED) is 0.877. The van der Waals surface area contributed by atoms with Crippen molar-refractivity contribution in [3.05, 3.63) is 28.8 Å². The van der Waals surface area contributed by atoms with Gasteiger partial charge in [0.2, 0.25) is 0 Å². The Balaban J connectivity index is 2.77. The second-order valence-electron chi connectivity index (χ2n) is 3.20. The number of nitrogens with one attached hydrogen (secondary N) is 1. The first-order chi connectivity index (χ1) is 7.19. The highest BCUT2D eigenvalue weighted by molar-refractivity contribution is 7.99. The molecule has 1 unspecified atom stereocenters. The highest BCUT2D eigenvalue weighted by Crippen LogP contribution is 2.23. The van der Waals surface area contributed by atoms with Crippen LogP contribution in [0.25, 0.3) is 0 Å². The maximum atomic E-state index is 8.94. The molecule has 15 heavy (non-hydrogen) atoms. The first-order valence-electron chi connectivity index (χ1n) is 4.64. The number of hydrogen-bond donors (Lipinski definition) is 1. The number of nitriles is 1. The van der Waals surface area contributed by atoms with Gasteiger partial charge in [0.05, 0.1) is 16.3 Å². The van der Waals surface area contributed by atoms with E-state index in [9.17, 15) is 0 Å². The van der Waals surface area contributed by atoms with Crippen LogP contribution in [0.5, 0.6) is 0 Å². The number of rotatable bonds is 4. The summed E-state index contributed by atoms with van der Waals surface area (Å²) in [6.07, 6.45) is 2.07. The molecule has 80 valence electrons. The smallest absolute Gasteiger partial charge is 0.103 e. The molecule has 1 rings (SSSR count). The van der Waals surface area contributed by atoms with Crippen LogP contribution < -0.4 is 5.32 Å². The molecule has 0 spiro atoms. The third-order valence-corrected chi connectivity index (χ3v) is 3.39. The summed E-state index contributed by atoms with van der Waals surface area (Å²) in [7, 11) is 0. The molecular formula is C11H13ClN2S. The summed E-state index contributed by atoms with van der Waals surface area (Å²) < 4.78 is 0. The topological polar surface area (TPSA) is 35.8 Å². The molecule has 0 aliphatic heterocycles. The van der Waals surface area contributed by atoms with E-state index in [1.165, 1.54) is 0 Å². The Morgan fingerprint density at radius 3 is 2.93 bits per heavy atom. The van der Waals surface area contributed by atoms with Crippen LogP contribution >= 0.6 is 23.4 Å². The summed E-state index contributed by atoms with van der Waals surface area (Å²) in [4.78, 5) is 0. The summed E-state index contributed by atoms with van der Waals surface area (Å²) in [6, 6.07) is 7.54. The number of benzene rings is 1. The van der Waals surface area contributed by atoms with Crippen LogP contribution in [0.4, 0.5) is 5.69 Å². The van der Waals surface area contributed by atoms with Gasteiger partial charge >= 0.3 is 0 Å². The van der Waals surface area contributed by atoms with Crippen molar-refractivity contribution in [3.63, 3.8) is 0 Å². The lowest BCUT2D eigenvalue weighted by Crippen LogP contribution is -2.13. The van der Waals surface area contributed by atoms with Gasteiger partial charge in [0.25, 0.3) is 0 Å². The van der Waals surface area contributed by atoms with Crippen LogP contribution in [0.3, 0.4) is 0 Å². The van der Waals surface area contributed by atoms with Crippen molar-refractivity contribution in [2.75, 3.05) is 18.1 Å². The minimum atomic E-state index is 0.499. The van der Waals surface area contributed by atoms with Gasteiger partial charge in [-0.05, 0) is 18.4 Å². The van der Waals surface area contributed by atoms with Crippen molar-refractivity contribution < 1.29 is 0 Å². The van der Waals surface area contributed by atoms with Gasteiger partial charge in [-0.3, -0.25) is 0 Å². The molecule has 4 heteroatoms. The molecule has 0 amide bonds. The molecule has 0 aliphatic rings. The zero-order chi connectivity index (χ0) is 11.3. The van der Waals surface area contributed by atoms with E-state index >= 15 is 0 Å². The monoisotopic (exact) mass is 240 g/mol. The molecule has 1 aromatic rings. The Labute approximate surface area is 99.6 Å². The zero-order valence-electron chi connectivity index (χ0n) is 8.75. The van der Waals surface area contributed by atoms with E-state index in [4.69, 9.17) is 16.9 Å². The van der Waals surface area contributed by atoms with E-state index in [0.717, 1.165) is 12.2 Å². The third kappa shape index (κ3) is 3.33. The lowest BCUT2D eigenvalue weighted by molar-refractivity contribution is 1.00. The van der Waals surface area contributed by atoms with Gasteiger partial charge in [-0.1, -0.05) is 24.6 Å². The van der Waals surface area contributed by atoms with Crippen LogP contribution in [0.15, 0.2) is 18.2 Å². The normalized spacial score (nSPS) is 11.9. The highest BCUT2D eigenvalue weighted by Gasteiger charge is 2.06. The number of nitrogens with zero attached hydrogens (tertiary/aromatic N) is 1. The summed E-state index contributed by atoms with van der Waals surface area (Å²) >= 11 is 7.69. The average molecular weight is 241 g/mol. The molecule has 0 heterocycles. The lowest BCUT2D eigenvalue weighted by Gasteiger charge is -2.12. The summed E-state index contributed by atoms with van der Waals surface area (Å²) in [5.41, 5.74) is 1.33. The van der Waals surface area contributed by atoms with Crippen molar-refractivity contribution in [2.45, 2.75) is 12.2 Å². The molecule has 2 nitrogen and oxygen atoms in total. The van der Waals surface area contributed by atoms with E-state index < -0.39 is 0 Å². The average Bonchev–Trinajstić information content (AvgIpc) is 2.25. The van der Waals surface area contributed by atoms with E-state index in [-0.39, 0.29) is 0 Å². The lowest BCUT2D eigenvalue weighted by atomic mass is 10.2. The summed E-state index contributed by atoms with van der Waals surface area (Å²) in [5, 5.41) is 13.2. The van der Waals surface area contributed by atoms with E-state index in [0.29, 0.717) is 15.8 Å². The third-order valence-electron chi connectivity index (χ3n) is 2.11. The second kappa shape index (κ2) is 5.89. The Morgan fingerprint density at radius 1 is 1.60 bits per heavy atom. The van der Waals surface area contributed by atoms with Gasteiger partial charge in [0, 0.05) is 11.8 Å². The number of thioether (sulfide) groups is 1. The van der Waals surface area contributed by atoms with Crippen molar-refractivity contribution in [2.24, 2.45) is 0 Å². The van der Waals surface area contributed by atoms with Crippen molar-refractivity contribution >= 4 is 29.1 Å². The van der Waals surface area contributed by atoms with Crippen molar-refractivity contribution in [3.8, 4) is 6.07 Å². The molecule has 1 aromatic carbocycles. The molecule has 1 atom stereocenters. The molecule has 1 N–H and O–H groups in total. The Kier molecular flexibility index (Phi) is 4.80. The molecule has 0 aliphatic carbocycles. The second-order valence-corrected chi connectivity index (χ2v) is 4.88. The van der Waals surface area contributed by atoms with E-state index in [2.05, 4.69) is 24.6 Å². The number of halogens is 1. The fourth-order valence-electron chi connectivity index (χ4n) is 1.12. The minimum Gasteiger partial charge on any atom is -0.383 e.